The Morgan fingerprint density at radius 1 is 1.50 bits per heavy atom. The molecule has 0 radical (unpaired) electrons. The van der Waals surface area contributed by atoms with E-state index in [1.807, 2.05) is 0 Å². The second kappa shape index (κ2) is 5.40. The Balaban J connectivity index is 2.60. The number of rotatable bonds is 4. The van der Waals surface area contributed by atoms with E-state index >= 15 is 0 Å². The van der Waals surface area contributed by atoms with Crippen molar-refractivity contribution in [2.75, 3.05) is 6.61 Å². The highest BCUT2D eigenvalue weighted by atomic mass is 16.5. The van der Waals surface area contributed by atoms with Gasteiger partial charge in [-0.3, -0.25) is 0 Å². The first-order chi connectivity index (χ1) is 6.65. The highest BCUT2D eigenvalue weighted by Crippen LogP contribution is 2.28. The molecule has 2 nitrogen and oxygen atoms in total. The molecule has 0 aromatic carbocycles. The minimum atomic E-state index is -0.254. The van der Waals surface area contributed by atoms with Gasteiger partial charge in [0.1, 0.15) is 0 Å². The summed E-state index contributed by atoms with van der Waals surface area (Å²) in [6, 6.07) is 0. The summed E-state index contributed by atoms with van der Waals surface area (Å²) >= 11 is 0. The number of hydrogen-bond donors (Lipinski definition) is 1. The molecule has 0 saturated heterocycles. The third-order valence-electron chi connectivity index (χ3n) is 2.61. The maximum Gasteiger partial charge on any atom is 0.0977 e. The molecule has 1 rings (SSSR count). The summed E-state index contributed by atoms with van der Waals surface area (Å²) in [5.41, 5.74) is 1.12. The molecule has 14 heavy (non-hydrogen) atoms. The lowest BCUT2D eigenvalue weighted by molar-refractivity contribution is 0.125. The monoisotopic (exact) mass is 198 g/mol. The summed E-state index contributed by atoms with van der Waals surface area (Å²) in [6.45, 7) is 7.14. The number of allylic oxidation sites excluding steroid dienone is 1. The van der Waals surface area contributed by atoms with Gasteiger partial charge in [-0.25, -0.2) is 0 Å². The lowest BCUT2D eigenvalue weighted by Gasteiger charge is -2.25. The van der Waals surface area contributed by atoms with E-state index in [1.165, 1.54) is 0 Å². The summed E-state index contributed by atoms with van der Waals surface area (Å²) < 4.78 is 5.74. The van der Waals surface area contributed by atoms with Gasteiger partial charge in [-0.05, 0) is 30.8 Å². The molecule has 1 aliphatic carbocycles. The van der Waals surface area contributed by atoms with Crippen LogP contribution in [0.5, 0.6) is 0 Å². The zero-order valence-electron chi connectivity index (χ0n) is 9.55. The van der Waals surface area contributed by atoms with Crippen LogP contribution in [0.15, 0.2) is 11.3 Å². The van der Waals surface area contributed by atoms with Gasteiger partial charge in [0.15, 0.2) is 0 Å². The molecule has 0 bridgehead atoms. The SMILES string of the molecule is CCC1=C(OCC(C)C)CCCC1O. The third kappa shape index (κ3) is 3.02. The van der Waals surface area contributed by atoms with Gasteiger partial charge in [0, 0.05) is 6.42 Å². The molecule has 0 heterocycles. The second-order valence-corrected chi connectivity index (χ2v) is 4.41. The third-order valence-corrected chi connectivity index (χ3v) is 2.61. The van der Waals surface area contributed by atoms with Crippen molar-refractivity contribution in [3.05, 3.63) is 11.3 Å². The summed E-state index contributed by atoms with van der Waals surface area (Å²) in [4.78, 5) is 0. The summed E-state index contributed by atoms with van der Waals surface area (Å²) in [5, 5.41) is 9.77. The Morgan fingerprint density at radius 2 is 2.21 bits per heavy atom. The van der Waals surface area contributed by atoms with Gasteiger partial charge in [0.05, 0.1) is 18.5 Å². The van der Waals surface area contributed by atoms with Gasteiger partial charge in [-0.2, -0.15) is 0 Å². The van der Waals surface area contributed by atoms with Crippen molar-refractivity contribution in [1.29, 1.82) is 0 Å². The minimum absolute atomic E-state index is 0.254. The van der Waals surface area contributed by atoms with Crippen LogP contribution in [0, 0.1) is 5.92 Å². The molecule has 2 heteroatoms. The molecule has 0 saturated carbocycles. The van der Waals surface area contributed by atoms with Crippen LogP contribution in [0.2, 0.25) is 0 Å². The predicted molar refractivity (Wildman–Crippen MR) is 58.0 cm³/mol. The number of ether oxygens (including phenoxy) is 1. The van der Waals surface area contributed by atoms with Crippen LogP contribution in [-0.2, 0) is 4.74 Å². The van der Waals surface area contributed by atoms with Crippen molar-refractivity contribution in [2.24, 2.45) is 5.92 Å². The molecular weight excluding hydrogens is 176 g/mol. The van der Waals surface area contributed by atoms with Crippen LogP contribution in [0.4, 0.5) is 0 Å². The first kappa shape index (κ1) is 11.6. The summed E-state index contributed by atoms with van der Waals surface area (Å²) in [6.07, 6.45) is 3.62. The Bertz CT molecular complexity index is 206. The normalized spacial score (nSPS) is 23.1. The Labute approximate surface area is 87.0 Å². The predicted octanol–water partition coefficient (Wildman–Crippen LogP) is 2.87. The van der Waals surface area contributed by atoms with E-state index in [-0.39, 0.29) is 6.10 Å². The van der Waals surface area contributed by atoms with Crippen molar-refractivity contribution in [1.82, 2.24) is 0 Å². The summed E-state index contributed by atoms with van der Waals surface area (Å²) in [5.74, 6) is 1.61. The van der Waals surface area contributed by atoms with Crippen LogP contribution in [0.1, 0.15) is 46.5 Å². The maximum atomic E-state index is 9.77. The van der Waals surface area contributed by atoms with Crippen molar-refractivity contribution in [3.8, 4) is 0 Å². The molecule has 0 fully saturated rings. The fraction of sp³-hybridized carbons (Fsp3) is 0.833. The van der Waals surface area contributed by atoms with E-state index in [4.69, 9.17) is 4.74 Å². The summed E-state index contributed by atoms with van der Waals surface area (Å²) in [7, 11) is 0. The first-order valence-electron chi connectivity index (χ1n) is 5.68. The quantitative estimate of drug-likeness (QED) is 0.752. The maximum absolute atomic E-state index is 9.77. The van der Waals surface area contributed by atoms with E-state index in [0.29, 0.717) is 5.92 Å². The lowest BCUT2D eigenvalue weighted by Crippen LogP contribution is -2.19. The molecule has 82 valence electrons. The van der Waals surface area contributed by atoms with Gasteiger partial charge < -0.3 is 9.84 Å². The molecule has 1 N–H and O–H groups in total. The molecule has 1 atom stereocenters. The number of hydrogen-bond acceptors (Lipinski definition) is 2. The van der Waals surface area contributed by atoms with Crippen LogP contribution >= 0.6 is 0 Å². The van der Waals surface area contributed by atoms with Gasteiger partial charge in [0.2, 0.25) is 0 Å². The molecule has 0 aliphatic heterocycles. The van der Waals surface area contributed by atoms with Crippen molar-refractivity contribution in [3.63, 3.8) is 0 Å². The Morgan fingerprint density at radius 3 is 2.79 bits per heavy atom. The van der Waals surface area contributed by atoms with Crippen LogP contribution in [-0.4, -0.2) is 17.8 Å². The average Bonchev–Trinajstić information content (AvgIpc) is 2.14. The number of aliphatic hydroxyl groups is 1. The standard InChI is InChI=1S/C12H22O2/c1-4-10-11(13)6-5-7-12(10)14-8-9(2)3/h9,11,13H,4-8H2,1-3H3. The van der Waals surface area contributed by atoms with Gasteiger partial charge in [0.25, 0.3) is 0 Å². The highest BCUT2D eigenvalue weighted by molar-refractivity contribution is 5.16. The van der Waals surface area contributed by atoms with E-state index in [1.54, 1.807) is 0 Å². The van der Waals surface area contributed by atoms with Gasteiger partial charge in [-0.15, -0.1) is 0 Å². The topological polar surface area (TPSA) is 29.5 Å². The minimum Gasteiger partial charge on any atom is -0.498 e. The van der Waals surface area contributed by atoms with E-state index in [9.17, 15) is 5.11 Å². The molecular formula is C12H22O2. The second-order valence-electron chi connectivity index (χ2n) is 4.41. The van der Waals surface area contributed by atoms with Crippen molar-refractivity contribution >= 4 is 0 Å². The van der Waals surface area contributed by atoms with Gasteiger partial charge >= 0.3 is 0 Å². The molecule has 0 aromatic heterocycles. The zero-order chi connectivity index (χ0) is 10.6. The highest BCUT2D eigenvalue weighted by Gasteiger charge is 2.20. The molecule has 0 spiro atoms. The van der Waals surface area contributed by atoms with Crippen molar-refractivity contribution < 1.29 is 9.84 Å². The smallest absolute Gasteiger partial charge is 0.0977 e. The Kier molecular flexibility index (Phi) is 4.46. The first-order valence-corrected chi connectivity index (χ1v) is 5.68. The fourth-order valence-electron chi connectivity index (χ4n) is 1.84. The molecule has 0 amide bonds. The van der Waals surface area contributed by atoms with Gasteiger partial charge in [-0.1, -0.05) is 20.8 Å². The van der Waals surface area contributed by atoms with E-state index in [2.05, 4.69) is 20.8 Å². The lowest BCUT2D eigenvalue weighted by atomic mass is 9.93. The van der Waals surface area contributed by atoms with Crippen LogP contribution in [0.25, 0.3) is 0 Å². The largest absolute Gasteiger partial charge is 0.498 e. The van der Waals surface area contributed by atoms with Crippen LogP contribution in [0.3, 0.4) is 0 Å². The number of aliphatic hydroxyl groups excluding tert-OH is 1. The average molecular weight is 198 g/mol. The fourth-order valence-corrected chi connectivity index (χ4v) is 1.84. The van der Waals surface area contributed by atoms with E-state index < -0.39 is 0 Å². The van der Waals surface area contributed by atoms with E-state index in [0.717, 1.165) is 43.6 Å². The Hall–Kier alpha value is -0.500. The zero-order valence-corrected chi connectivity index (χ0v) is 9.55. The molecule has 1 aliphatic rings. The molecule has 1 unspecified atom stereocenters. The molecule has 0 aromatic rings. The van der Waals surface area contributed by atoms with Crippen molar-refractivity contribution in [2.45, 2.75) is 52.6 Å². The van der Waals surface area contributed by atoms with Crippen LogP contribution < -0.4 is 0 Å².